The van der Waals surface area contributed by atoms with Gasteiger partial charge in [0.15, 0.2) is 0 Å². The van der Waals surface area contributed by atoms with Crippen LogP contribution in [0.2, 0.25) is 5.28 Å². The highest BCUT2D eigenvalue weighted by molar-refractivity contribution is 6.28. The fourth-order valence-corrected chi connectivity index (χ4v) is 2.23. The zero-order valence-corrected chi connectivity index (χ0v) is 11.9. The van der Waals surface area contributed by atoms with Gasteiger partial charge in [-0.1, -0.05) is 18.2 Å². The molecule has 0 aliphatic carbocycles. The fourth-order valence-electron chi connectivity index (χ4n) is 2.08. The van der Waals surface area contributed by atoms with Gasteiger partial charge in [0.1, 0.15) is 5.82 Å². The van der Waals surface area contributed by atoms with Crippen LogP contribution in [-0.4, -0.2) is 20.9 Å². The van der Waals surface area contributed by atoms with Crippen LogP contribution in [0.3, 0.4) is 0 Å². The summed E-state index contributed by atoms with van der Waals surface area (Å²) in [6.45, 7) is 1.85. The third kappa shape index (κ3) is 2.83. The SMILES string of the molecule is Cc1cc(C(=O)Nc2ccnc(Cl)n2)c2ccccc2n1. The number of nitrogens with one attached hydrogen (secondary N) is 1. The fraction of sp³-hybridized carbons (Fsp3) is 0.0667. The van der Waals surface area contributed by atoms with Crippen LogP contribution in [0.4, 0.5) is 5.82 Å². The highest BCUT2D eigenvalue weighted by Crippen LogP contribution is 2.19. The lowest BCUT2D eigenvalue weighted by molar-refractivity contribution is 0.102. The van der Waals surface area contributed by atoms with Crippen molar-refractivity contribution in [3.8, 4) is 0 Å². The van der Waals surface area contributed by atoms with Crippen molar-refractivity contribution in [1.82, 2.24) is 15.0 Å². The second-order valence-electron chi connectivity index (χ2n) is 4.49. The Morgan fingerprint density at radius 1 is 1.19 bits per heavy atom. The van der Waals surface area contributed by atoms with Crippen LogP contribution in [0.5, 0.6) is 0 Å². The third-order valence-corrected chi connectivity index (χ3v) is 3.14. The van der Waals surface area contributed by atoms with Crippen molar-refractivity contribution < 1.29 is 4.79 Å². The van der Waals surface area contributed by atoms with E-state index in [2.05, 4.69) is 20.3 Å². The van der Waals surface area contributed by atoms with Crippen molar-refractivity contribution in [3.63, 3.8) is 0 Å². The number of hydrogen-bond donors (Lipinski definition) is 1. The Morgan fingerprint density at radius 3 is 2.81 bits per heavy atom. The van der Waals surface area contributed by atoms with Crippen LogP contribution in [0, 0.1) is 6.92 Å². The lowest BCUT2D eigenvalue weighted by atomic mass is 10.1. The van der Waals surface area contributed by atoms with Gasteiger partial charge in [-0.15, -0.1) is 0 Å². The molecule has 1 amide bonds. The molecule has 3 aromatic rings. The molecule has 0 saturated heterocycles. The number of hydrogen-bond acceptors (Lipinski definition) is 4. The number of anilines is 1. The monoisotopic (exact) mass is 298 g/mol. The van der Waals surface area contributed by atoms with Crippen molar-refractivity contribution in [2.75, 3.05) is 5.32 Å². The van der Waals surface area contributed by atoms with Crippen molar-refractivity contribution in [1.29, 1.82) is 0 Å². The van der Waals surface area contributed by atoms with Crippen LogP contribution in [0.15, 0.2) is 42.6 Å². The zero-order valence-electron chi connectivity index (χ0n) is 11.2. The molecule has 0 radical (unpaired) electrons. The first-order chi connectivity index (χ1) is 10.1. The summed E-state index contributed by atoms with van der Waals surface area (Å²) in [5.74, 6) is 0.102. The molecule has 104 valence electrons. The number of aryl methyl sites for hydroxylation is 1. The molecule has 0 aliphatic rings. The molecule has 0 aliphatic heterocycles. The van der Waals surface area contributed by atoms with Crippen molar-refractivity contribution >= 4 is 34.2 Å². The third-order valence-electron chi connectivity index (χ3n) is 2.96. The van der Waals surface area contributed by atoms with Gasteiger partial charge in [0, 0.05) is 17.3 Å². The van der Waals surface area contributed by atoms with Gasteiger partial charge in [-0.3, -0.25) is 9.78 Å². The summed E-state index contributed by atoms with van der Waals surface area (Å²) in [5.41, 5.74) is 2.11. The van der Waals surface area contributed by atoms with Crippen molar-refractivity contribution in [2.45, 2.75) is 6.92 Å². The predicted molar refractivity (Wildman–Crippen MR) is 81.5 cm³/mol. The molecule has 1 aromatic carbocycles. The summed E-state index contributed by atoms with van der Waals surface area (Å²) >= 11 is 5.71. The van der Waals surface area contributed by atoms with Gasteiger partial charge in [-0.2, -0.15) is 0 Å². The summed E-state index contributed by atoms with van der Waals surface area (Å²) in [6.07, 6.45) is 1.49. The van der Waals surface area contributed by atoms with Gasteiger partial charge < -0.3 is 5.32 Å². The highest BCUT2D eigenvalue weighted by Gasteiger charge is 2.12. The van der Waals surface area contributed by atoms with Crippen LogP contribution in [0.1, 0.15) is 16.1 Å². The molecule has 2 heterocycles. The van der Waals surface area contributed by atoms with Gasteiger partial charge in [-0.05, 0) is 36.7 Å². The topological polar surface area (TPSA) is 67.8 Å². The quantitative estimate of drug-likeness (QED) is 0.738. The number of fused-ring (bicyclic) bond motifs is 1. The van der Waals surface area contributed by atoms with E-state index in [0.717, 1.165) is 16.6 Å². The molecule has 21 heavy (non-hydrogen) atoms. The molecule has 1 N–H and O–H groups in total. The summed E-state index contributed by atoms with van der Waals surface area (Å²) in [6, 6.07) is 10.8. The zero-order chi connectivity index (χ0) is 14.8. The molecule has 6 heteroatoms. The Morgan fingerprint density at radius 2 is 2.00 bits per heavy atom. The second-order valence-corrected chi connectivity index (χ2v) is 4.83. The largest absolute Gasteiger partial charge is 0.306 e. The first kappa shape index (κ1) is 13.5. The average molecular weight is 299 g/mol. The van der Waals surface area contributed by atoms with E-state index in [-0.39, 0.29) is 11.2 Å². The molecule has 0 saturated carbocycles. The number of pyridine rings is 1. The summed E-state index contributed by atoms with van der Waals surface area (Å²) in [7, 11) is 0. The van der Waals surface area contributed by atoms with Gasteiger partial charge >= 0.3 is 0 Å². The van der Waals surface area contributed by atoms with Crippen LogP contribution < -0.4 is 5.32 Å². The maximum Gasteiger partial charge on any atom is 0.257 e. The molecule has 5 nitrogen and oxygen atoms in total. The van der Waals surface area contributed by atoms with Crippen molar-refractivity contribution in [3.05, 3.63) is 59.1 Å². The van der Waals surface area contributed by atoms with E-state index in [4.69, 9.17) is 11.6 Å². The number of halogens is 1. The van der Waals surface area contributed by atoms with E-state index >= 15 is 0 Å². The standard InChI is InChI=1S/C15H11ClN4O/c1-9-8-11(10-4-2-3-5-12(10)18-9)14(21)19-13-6-7-17-15(16)20-13/h2-8H,1H3,(H,17,19,20,21). The predicted octanol–water partition coefficient (Wildman–Crippen LogP) is 3.24. The molecule has 0 atom stereocenters. The van der Waals surface area contributed by atoms with Gasteiger partial charge in [-0.25, -0.2) is 9.97 Å². The number of para-hydroxylation sites is 1. The molecule has 2 aromatic heterocycles. The maximum absolute atomic E-state index is 12.4. The minimum absolute atomic E-state index is 0.0866. The molecular formula is C15H11ClN4O. The van der Waals surface area contributed by atoms with E-state index in [0.29, 0.717) is 11.4 Å². The molecule has 0 fully saturated rings. The highest BCUT2D eigenvalue weighted by atomic mass is 35.5. The van der Waals surface area contributed by atoms with Gasteiger partial charge in [0.25, 0.3) is 5.91 Å². The molecule has 0 bridgehead atoms. The molecule has 3 rings (SSSR count). The second kappa shape index (κ2) is 5.46. The van der Waals surface area contributed by atoms with Gasteiger partial charge in [0.05, 0.1) is 11.1 Å². The van der Waals surface area contributed by atoms with Crippen molar-refractivity contribution in [2.24, 2.45) is 0 Å². The lowest BCUT2D eigenvalue weighted by Crippen LogP contribution is -2.14. The first-order valence-electron chi connectivity index (χ1n) is 6.30. The van der Waals surface area contributed by atoms with E-state index in [1.807, 2.05) is 31.2 Å². The first-order valence-corrected chi connectivity index (χ1v) is 6.67. The van der Waals surface area contributed by atoms with Gasteiger partial charge in [0.2, 0.25) is 5.28 Å². The van der Waals surface area contributed by atoms with E-state index < -0.39 is 0 Å². The Labute approximate surface area is 126 Å². The van der Waals surface area contributed by atoms with Crippen LogP contribution in [0.25, 0.3) is 10.9 Å². The molecule has 0 unspecified atom stereocenters. The Bertz CT molecular complexity index is 835. The summed E-state index contributed by atoms with van der Waals surface area (Å²) in [5, 5.41) is 3.60. The van der Waals surface area contributed by atoms with Crippen LogP contribution >= 0.6 is 11.6 Å². The molecular weight excluding hydrogens is 288 g/mol. The average Bonchev–Trinajstić information content (AvgIpc) is 2.46. The normalized spacial score (nSPS) is 10.6. The smallest absolute Gasteiger partial charge is 0.257 e. The molecule has 0 spiro atoms. The summed E-state index contributed by atoms with van der Waals surface area (Å²) < 4.78 is 0. The van der Waals surface area contributed by atoms with E-state index in [9.17, 15) is 4.79 Å². The Kier molecular flexibility index (Phi) is 3.50. The number of carbonyl (C=O) groups excluding carboxylic acids is 1. The number of rotatable bonds is 2. The minimum Gasteiger partial charge on any atom is -0.306 e. The number of benzene rings is 1. The number of aromatic nitrogens is 3. The van der Waals surface area contributed by atoms with E-state index in [1.165, 1.54) is 6.20 Å². The van der Waals surface area contributed by atoms with Crippen LogP contribution in [-0.2, 0) is 0 Å². The summed E-state index contributed by atoms with van der Waals surface area (Å²) in [4.78, 5) is 24.6. The number of amides is 1. The van der Waals surface area contributed by atoms with E-state index in [1.54, 1.807) is 12.1 Å². The maximum atomic E-state index is 12.4. The number of carbonyl (C=O) groups is 1. The minimum atomic E-state index is -0.258. The lowest BCUT2D eigenvalue weighted by Gasteiger charge is -2.08. The number of nitrogens with zero attached hydrogens (tertiary/aromatic N) is 3. The Balaban J connectivity index is 2.02. The Hall–Kier alpha value is -2.53.